The SMILES string of the molecule is Cc1ccc(NCC(O)CSc2nnc(-n3c(C)nc4ccccc4c3=O)s2)cc1. The Bertz CT molecular complexity index is 1220. The van der Waals surface area contributed by atoms with E-state index < -0.39 is 6.10 Å². The molecule has 2 N–H and O–H groups in total. The molecule has 154 valence electrons. The number of hydrogen-bond donors (Lipinski definition) is 2. The molecule has 0 radical (unpaired) electrons. The molecule has 1 atom stereocenters. The third-order valence-corrected chi connectivity index (χ3v) is 6.71. The van der Waals surface area contributed by atoms with Gasteiger partial charge in [0.05, 0.1) is 17.0 Å². The minimum absolute atomic E-state index is 0.159. The van der Waals surface area contributed by atoms with E-state index in [4.69, 9.17) is 0 Å². The molecule has 0 aliphatic carbocycles. The Labute approximate surface area is 181 Å². The number of nitrogens with zero attached hydrogens (tertiary/aromatic N) is 4. The van der Waals surface area contributed by atoms with Gasteiger partial charge in [-0.3, -0.25) is 4.79 Å². The zero-order valence-corrected chi connectivity index (χ0v) is 18.2. The highest BCUT2D eigenvalue weighted by molar-refractivity contribution is 8.01. The summed E-state index contributed by atoms with van der Waals surface area (Å²) in [7, 11) is 0. The van der Waals surface area contributed by atoms with Gasteiger partial charge in [0.1, 0.15) is 5.82 Å². The minimum Gasteiger partial charge on any atom is -0.390 e. The summed E-state index contributed by atoms with van der Waals surface area (Å²) in [5, 5.41) is 22.8. The molecule has 0 fully saturated rings. The lowest BCUT2D eigenvalue weighted by atomic mass is 10.2. The maximum Gasteiger partial charge on any atom is 0.267 e. The molecule has 0 aliphatic heterocycles. The van der Waals surface area contributed by atoms with E-state index in [0.29, 0.717) is 38.5 Å². The summed E-state index contributed by atoms with van der Waals surface area (Å²) in [5.74, 6) is 1.03. The van der Waals surface area contributed by atoms with Crippen molar-refractivity contribution in [3.05, 3.63) is 70.3 Å². The third kappa shape index (κ3) is 4.53. The molecular formula is C21H21N5O2S2. The Kier molecular flexibility index (Phi) is 6.12. The molecule has 1 unspecified atom stereocenters. The highest BCUT2D eigenvalue weighted by Gasteiger charge is 2.15. The maximum atomic E-state index is 12.9. The second-order valence-corrected chi connectivity index (χ2v) is 9.10. The molecule has 7 nitrogen and oxygen atoms in total. The van der Waals surface area contributed by atoms with Crippen LogP contribution in [0.1, 0.15) is 11.4 Å². The zero-order valence-electron chi connectivity index (χ0n) is 16.6. The average Bonchev–Trinajstić information content (AvgIpc) is 3.20. The molecular weight excluding hydrogens is 418 g/mol. The molecule has 0 aliphatic rings. The second kappa shape index (κ2) is 8.95. The molecule has 0 amide bonds. The highest BCUT2D eigenvalue weighted by atomic mass is 32.2. The van der Waals surface area contributed by atoms with Crippen LogP contribution >= 0.6 is 23.1 Å². The first-order valence-electron chi connectivity index (χ1n) is 9.45. The topological polar surface area (TPSA) is 92.9 Å². The summed E-state index contributed by atoms with van der Waals surface area (Å²) >= 11 is 2.73. The predicted octanol–water partition coefficient (Wildman–Crippen LogP) is 3.42. The molecule has 30 heavy (non-hydrogen) atoms. The fraction of sp³-hybridized carbons (Fsp3) is 0.238. The fourth-order valence-electron chi connectivity index (χ4n) is 2.95. The molecule has 4 rings (SSSR count). The van der Waals surface area contributed by atoms with Crippen molar-refractivity contribution in [1.29, 1.82) is 0 Å². The molecule has 2 aromatic carbocycles. The van der Waals surface area contributed by atoms with Crippen LogP contribution in [-0.4, -0.2) is 43.3 Å². The Morgan fingerprint density at radius 3 is 2.70 bits per heavy atom. The van der Waals surface area contributed by atoms with Crippen LogP contribution < -0.4 is 10.9 Å². The molecule has 0 bridgehead atoms. The lowest BCUT2D eigenvalue weighted by molar-refractivity contribution is 0.213. The summed E-state index contributed by atoms with van der Waals surface area (Å²) in [4.78, 5) is 17.4. The smallest absolute Gasteiger partial charge is 0.267 e. The minimum atomic E-state index is -0.546. The number of benzene rings is 2. The summed E-state index contributed by atoms with van der Waals surface area (Å²) in [6.45, 7) is 4.26. The van der Waals surface area contributed by atoms with Crippen LogP contribution in [0.25, 0.3) is 16.0 Å². The number of aliphatic hydroxyl groups is 1. The van der Waals surface area contributed by atoms with Crippen molar-refractivity contribution in [2.75, 3.05) is 17.6 Å². The van der Waals surface area contributed by atoms with E-state index in [-0.39, 0.29) is 5.56 Å². The number of aromatic nitrogens is 4. The van der Waals surface area contributed by atoms with Crippen molar-refractivity contribution in [2.24, 2.45) is 0 Å². The summed E-state index contributed by atoms with van der Waals surface area (Å²) in [6, 6.07) is 15.3. The highest BCUT2D eigenvalue weighted by Crippen LogP contribution is 2.25. The maximum absolute atomic E-state index is 12.9. The zero-order chi connectivity index (χ0) is 21.1. The van der Waals surface area contributed by atoms with Crippen molar-refractivity contribution in [1.82, 2.24) is 19.7 Å². The van der Waals surface area contributed by atoms with Gasteiger partial charge in [-0.25, -0.2) is 9.55 Å². The number of anilines is 1. The van der Waals surface area contributed by atoms with Crippen LogP contribution in [0.5, 0.6) is 0 Å². The summed E-state index contributed by atoms with van der Waals surface area (Å²) in [6.07, 6.45) is -0.546. The van der Waals surface area contributed by atoms with Crippen molar-refractivity contribution in [3.8, 4) is 5.13 Å². The molecule has 9 heteroatoms. The lowest BCUT2D eigenvalue weighted by Crippen LogP contribution is -2.22. The van der Waals surface area contributed by atoms with Gasteiger partial charge in [-0.1, -0.05) is 52.9 Å². The van der Waals surface area contributed by atoms with E-state index in [1.165, 1.54) is 33.2 Å². The molecule has 0 saturated carbocycles. The third-order valence-electron chi connectivity index (χ3n) is 4.52. The first-order chi connectivity index (χ1) is 14.5. The van der Waals surface area contributed by atoms with Crippen molar-refractivity contribution in [2.45, 2.75) is 24.3 Å². The van der Waals surface area contributed by atoms with E-state index in [2.05, 4.69) is 20.5 Å². The molecule has 2 heterocycles. The van der Waals surface area contributed by atoms with Gasteiger partial charge in [-0.05, 0) is 38.1 Å². The van der Waals surface area contributed by atoms with E-state index in [1.54, 1.807) is 13.0 Å². The van der Waals surface area contributed by atoms with Gasteiger partial charge in [0.25, 0.3) is 5.56 Å². The number of fused-ring (bicyclic) bond motifs is 1. The Hall–Kier alpha value is -2.75. The van der Waals surface area contributed by atoms with Gasteiger partial charge in [-0.15, -0.1) is 10.2 Å². The van der Waals surface area contributed by atoms with Gasteiger partial charge in [0.2, 0.25) is 5.13 Å². The first-order valence-corrected chi connectivity index (χ1v) is 11.2. The van der Waals surface area contributed by atoms with Crippen molar-refractivity contribution in [3.63, 3.8) is 0 Å². The monoisotopic (exact) mass is 439 g/mol. The van der Waals surface area contributed by atoms with Gasteiger partial charge in [-0.2, -0.15) is 0 Å². The van der Waals surface area contributed by atoms with Gasteiger partial charge in [0.15, 0.2) is 4.34 Å². The Morgan fingerprint density at radius 2 is 1.90 bits per heavy atom. The van der Waals surface area contributed by atoms with E-state index in [0.717, 1.165) is 5.69 Å². The van der Waals surface area contributed by atoms with Crippen LogP contribution in [0, 0.1) is 13.8 Å². The van der Waals surface area contributed by atoms with Crippen LogP contribution in [0.3, 0.4) is 0 Å². The number of rotatable bonds is 7. The van der Waals surface area contributed by atoms with Crippen molar-refractivity contribution < 1.29 is 5.11 Å². The van der Waals surface area contributed by atoms with Gasteiger partial charge in [0, 0.05) is 18.0 Å². The quantitative estimate of drug-likeness (QED) is 0.426. The number of para-hydroxylation sites is 1. The molecule has 0 spiro atoms. The number of thioether (sulfide) groups is 1. The predicted molar refractivity (Wildman–Crippen MR) is 122 cm³/mol. The number of hydrogen-bond acceptors (Lipinski definition) is 8. The number of aryl methyl sites for hydroxylation is 2. The molecule has 2 aromatic heterocycles. The van der Waals surface area contributed by atoms with Crippen LogP contribution in [0.15, 0.2) is 57.7 Å². The number of nitrogens with one attached hydrogen (secondary N) is 1. The molecule has 4 aromatic rings. The largest absolute Gasteiger partial charge is 0.390 e. The van der Waals surface area contributed by atoms with Crippen LogP contribution in [0.2, 0.25) is 0 Å². The van der Waals surface area contributed by atoms with Crippen LogP contribution in [0.4, 0.5) is 5.69 Å². The standard InChI is InChI=1S/C21H21N5O2S2/c1-13-7-9-15(10-8-13)22-11-16(27)12-29-21-25-24-20(30-21)26-14(2)23-18-6-4-3-5-17(18)19(26)28/h3-10,16,22,27H,11-12H2,1-2H3. The summed E-state index contributed by atoms with van der Waals surface area (Å²) in [5.41, 5.74) is 2.67. The summed E-state index contributed by atoms with van der Waals surface area (Å²) < 4.78 is 2.18. The van der Waals surface area contributed by atoms with E-state index in [1.807, 2.05) is 49.4 Å². The number of aliphatic hydroxyl groups excluding tert-OH is 1. The average molecular weight is 440 g/mol. The van der Waals surface area contributed by atoms with Gasteiger partial charge >= 0.3 is 0 Å². The van der Waals surface area contributed by atoms with E-state index >= 15 is 0 Å². The first kappa shape index (κ1) is 20.5. The normalized spacial score (nSPS) is 12.2. The van der Waals surface area contributed by atoms with E-state index in [9.17, 15) is 9.90 Å². The fourth-order valence-corrected chi connectivity index (χ4v) is 4.79. The second-order valence-electron chi connectivity index (χ2n) is 6.88. The Morgan fingerprint density at radius 1 is 1.13 bits per heavy atom. The lowest BCUT2D eigenvalue weighted by Gasteiger charge is -2.11. The Balaban J connectivity index is 1.41. The van der Waals surface area contributed by atoms with Crippen molar-refractivity contribution >= 4 is 39.7 Å². The van der Waals surface area contributed by atoms with Gasteiger partial charge < -0.3 is 10.4 Å². The molecule has 0 saturated heterocycles. The van der Waals surface area contributed by atoms with Crippen LogP contribution in [-0.2, 0) is 0 Å².